The van der Waals surface area contributed by atoms with E-state index in [0.717, 1.165) is 11.3 Å². The highest BCUT2D eigenvalue weighted by Crippen LogP contribution is 2.27. The Labute approximate surface area is 129 Å². The third-order valence-electron chi connectivity index (χ3n) is 3.57. The van der Waals surface area contributed by atoms with Gasteiger partial charge in [0.25, 0.3) is 0 Å². The maximum atomic E-state index is 8.71. The van der Waals surface area contributed by atoms with E-state index in [1.807, 2.05) is 5.38 Å². The van der Waals surface area contributed by atoms with E-state index in [-0.39, 0.29) is 6.61 Å². The molecule has 0 saturated heterocycles. The summed E-state index contributed by atoms with van der Waals surface area (Å²) >= 11 is 1.66. The first-order valence-corrected chi connectivity index (χ1v) is 8.15. The van der Waals surface area contributed by atoms with Crippen LogP contribution >= 0.6 is 11.3 Å². The normalized spacial score (nSPS) is 12.6. The van der Waals surface area contributed by atoms with Crippen LogP contribution in [-0.4, -0.2) is 11.7 Å². The van der Waals surface area contributed by atoms with E-state index in [1.165, 1.54) is 35.3 Å². The van der Waals surface area contributed by atoms with E-state index in [0.29, 0.717) is 13.0 Å². The highest BCUT2D eigenvalue weighted by molar-refractivity contribution is 7.10. The van der Waals surface area contributed by atoms with Gasteiger partial charge in [-0.3, -0.25) is 0 Å². The third kappa shape index (κ3) is 3.66. The summed E-state index contributed by atoms with van der Waals surface area (Å²) in [6.07, 6.45) is 4.17. The molecule has 0 aliphatic heterocycles. The monoisotopic (exact) mass is 298 g/mol. The molecule has 2 nitrogen and oxygen atoms in total. The molecule has 0 atom stereocenters. The van der Waals surface area contributed by atoms with Crippen LogP contribution in [0.3, 0.4) is 0 Å². The van der Waals surface area contributed by atoms with Crippen molar-refractivity contribution in [1.29, 1.82) is 0 Å². The minimum absolute atomic E-state index is 0.117. The number of aliphatic hydroxyl groups excluding tert-OH is 1. The lowest BCUT2D eigenvalue weighted by molar-refractivity contribution is 0.305. The number of aryl methyl sites for hydroxylation is 2. The van der Waals surface area contributed by atoms with Crippen LogP contribution in [0.15, 0.2) is 29.6 Å². The summed E-state index contributed by atoms with van der Waals surface area (Å²) in [5.74, 6) is 6.93. The van der Waals surface area contributed by atoms with Crippen molar-refractivity contribution < 1.29 is 9.84 Å². The maximum Gasteiger partial charge on any atom is 0.122 e. The molecule has 1 aliphatic carbocycles. The standard InChI is InChI=1S/C18H18O2S/c19-9-2-1-4-14-10-18(21-13-14)12-20-17-8-7-15-5-3-6-16(15)11-17/h7-8,10-11,13,19H,2-3,5-6,9,12H2. The summed E-state index contributed by atoms with van der Waals surface area (Å²) in [7, 11) is 0. The van der Waals surface area contributed by atoms with Crippen molar-refractivity contribution in [3.63, 3.8) is 0 Å². The van der Waals surface area contributed by atoms with Gasteiger partial charge in [0.15, 0.2) is 0 Å². The average molecular weight is 298 g/mol. The lowest BCUT2D eigenvalue weighted by Gasteiger charge is -2.06. The molecule has 21 heavy (non-hydrogen) atoms. The van der Waals surface area contributed by atoms with Gasteiger partial charge in [-0.25, -0.2) is 0 Å². The zero-order valence-corrected chi connectivity index (χ0v) is 12.7. The van der Waals surface area contributed by atoms with Crippen molar-refractivity contribution in [2.45, 2.75) is 32.3 Å². The fraction of sp³-hybridized carbons (Fsp3) is 0.333. The lowest BCUT2D eigenvalue weighted by atomic mass is 10.1. The zero-order chi connectivity index (χ0) is 14.5. The van der Waals surface area contributed by atoms with Gasteiger partial charge >= 0.3 is 0 Å². The molecule has 0 saturated carbocycles. The second kappa shape index (κ2) is 6.80. The molecule has 0 bridgehead atoms. The Morgan fingerprint density at radius 1 is 1.19 bits per heavy atom. The quantitative estimate of drug-likeness (QED) is 0.875. The number of aliphatic hydroxyl groups is 1. The lowest BCUT2D eigenvalue weighted by Crippen LogP contribution is -1.94. The maximum absolute atomic E-state index is 8.71. The van der Waals surface area contributed by atoms with Crippen LogP contribution in [0.5, 0.6) is 5.75 Å². The third-order valence-corrected chi connectivity index (χ3v) is 4.48. The molecule has 3 rings (SSSR count). The smallest absolute Gasteiger partial charge is 0.122 e. The van der Waals surface area contributed by atoms with Gasteiger partial charge < -0.3 is 9.84 Å². The van der Waals surface area contributed by atoms with E-state index in [2.05, 4.69) is 36.1 Å². The van der Waals surface area contributed by atoms with Crippen LogP contribution in [0.4, 0.5) is 0 Å². The van der Waals surface area contributed by atoms with E-state index in [4.69, 9.17) is 9.84 Å². The van der Waals surface area contributed by atoms with Crippen molar-refractivity contribution in [2.24, 2.45) is 0 Å². The molecule has 1 aromatic heterocycles. The second-order valence-electron chi connectivity index (χ2n) is 5.15. The number of ether oxygens (including phenoxy) is 1. The summed E-state index contributed by atoms with van der Waals surface area (Å²) in [6.45, 7) is 0.705. The molecule has 108 valence electrons. The molecule has 1 aromatic carbocycles. The van der Waals surface area contributed by atoms with Crippen molar-refractivity contribution in [3.8, 4) is 17.6 Å². The zero-order valence-electron chi connectivity index (χ0n) is 11.9. The highest BCUT2D eigenvalue weighted by atomic mass is 32.1. The van der Waals surface area contributed by atoms with Crippen LogP contribution in [0, 0.1) is 11.8 Å². The summed E-state index contributed by atoms with van der Waals surface area (Å²) in [4.78, 5) is 1.17. The summed E-state index contributed by atoms with van der Waals surface area (Å²) < 4.78 is 5.88. The average Bonchev–Trinajstić information content (AvgIpc) is 3.13. The number of thiophene rings is 1. The van der Waals surface area contributed by atoms with E-state index in [9.17, 15) is 0 Å². The van der Waals surface area contributed by atoms with Gasteiger partial charge in [-0.05, 0) is 48.6 Å². The minimum atomic E-state index is 0.117. The van der Waals surface area contributed by atoms with Gasteiger partial charge in [0.05, 0.1) is 6.61 Å². The first-order valence-electron chi connectivity index (χ1n) is 7.27. The van der Waals surface area contributed by atoms with Gasteiger partial charge in [-0.2, -0.15) is 0 Å². The molecule has 0 amide bonds. The van der Waals surface area contributed by atoms with E-state index >= 15 is 0 Å². The van der Waals surface area contributed by atoms with Crippen LogP contribution in [0.1, 0.15) is 34.4 Å². The van der Waals surface area contributed by atoms with Gasteiger partial charge in [-0.1, -0.05) is 17.9 Å². The number of fused-ring (bicyclic) bond motifs is 1. The minimum Gasteiger partial charge on any atom is -0.488 e. The second-order valence-corrected chi connectivity index (χ2v) is 6.15. The topological polar surface area (TPSA) is 29.5 Å². The molecule has 0 unspecified atom stereocenters. The Bertz CT molecular complexity index is 676. The molecular weight excluding hydrogens is 280 g/mol. The van der Waals surface area contributed by atoms with E-state index < -0.39 is 0 Å². The summed E-state index contributed by atoms with van der Waals surface area (Å²) in [5.41, 5.74) is 3.91. The molecule has 3 heteroatoms. The van der Waals surface area contributed by atoms with Crippen molar-refractivity contribution in [3.05, 3.63) is 51.2 Å². The van der Waals surface area contributed by atoms with Crippen LogP contribution in [0.2, 0.25) is 0 Å². The van der Waals surface area contributed by atoms with Gasteiger partial charge in [0.2, 0.25) is 0 Å². The number of hydrogen-bond donors (Lipinski definition) is 1. The molecule has 2 aromatic rings. The predicted octanol–water partition coefficient (Wildman–Crippen LogP) is 3.55. The van der Waals surface area contributed by atoms with Crippen molar-refractivity contribution in [2.75, 3.05) is 6.61 Å². The fourth-order valence-electron chi connectivity index (χ4n) is 2.53. The Hall–Kier alpha value is -1.76. The number of benzene rings is 1. The first-order chi connectivity index (χ1) is 10.3. The van der Waals surface area contributed by atoms with Crippen LogP contribution in [0.25, 0.3) is 0 Å². The van der Waals surface area contributed by atoms with E-state index in [1.54, 1.807) is 11.3 Å². The van der Waals surface area contributed by atoms with Crippen LogP contribution in [-0.2, 0) is 19.4 Å². The molecular formula is C18H18O2S. The highest BCUT2D eigenvalue weighted by Gasteiger charge is 2.11. The fourth-order valence-corrected chi connectivity index (χ4v) is 3.26. The SMILES string of the molecule is OCCC#Cc1csc(COc2ccc3c(c2)CCC3)c1. The van der Waals surface area contributed by atoms with Crippen molar-refractivity contribution in [1.82, 2.24) is 0 Å². The Kier molecular flexibility index (Phi) is 4.59. The van der Waals surface area contributed by atoms with Gasteiger partial charge in [0, 0.05) is 22.2 Å². The molecule has 0 spiro atoms. The Balaban J connectivity index is 1.59. The van der Waals surface area contributed by atoms with Crippen LogP contribution < -0.4 is 4.74 Å². The van der Waals surface area contributed by atoms with Crippen molar-refractivity contribution >= 4 is 11.3 Å². The predicted molar refractivity (Wildman–Crippen MR) is 85.7 cm³/mol. The summed E-state index contributed by atoms with van der Waals surface area (Å²) in [5, 5.41) is 10.7. The number of hydrogen-bond acceptors (Lipinski definition) is 3. The Morgan fingerprint density at radius 3 is 3.00 bits per heavy atom. The molecule has 1 aliphatic rings. The Morgan fingerprint density at radius 2 is 2.10 bits per heavy atom. The molecule has 0 fully saturated rings. The molecule has 1 heterocycles. The van der Waals surface area contributed by atoms with Gasteiger partial charge in [0.1, 0.15) is 12.4 Å². The molecule has 0 radical (unpaired) electrons. The van der Waals surface area contributed by atoms with Gasteiger partial charge in [-0.15, -0.1) is 11.3 Å². The first kappa shape index (κ1) is 14.2. The largest absolute Gasteiger partial charge is 0.488 e. The number of rotatable bonds is 4. The summed E-state index contributed by atoms with van der Waals surface area (Å²) in [6, 6.07) is 8.50. The molecule has 1 N–H and O–H groups in total.